The summed E-state index contributed by atoms with van der Waals surface area (Å²) in [5.41, 5.74) is -0.322. The summed E-state index contributed by atoms with van der Waals surface area (Å²) in [4.78, 5) is 11.5. The van der Waals surface area contributed by atoms with E-state index in [1.807, 2.05) is 0 Å². The number of halogens is 4. The molecule has 0 bridgehead atoms. The Morgan fingerprint density at radius 3 is 2.41 bits per heavy atom. The Hall–Kier alpha value is -0.680. The van der Waals surface area contributed by atoms with Gasteiger partial charge in [0.1, 0.15) is 5.38 Å². The van der Waals surface area contributed by atoms with Crippen molar-refractivity contribution in [2.24, 2.45) is 0 Å². The lowest BCUT2D eigenvalue weighted by Crippen LogP contribution is -2.08. The van der Waals surface area contributed by atoms with E-state index in [9.17, 15) is 18.0 Å². The fourth-order valence-corrected chi connectivity index (χ4v) is 2.24. The average Bonchev–Trinajstić information content (AvgIpc) is 2.25. The van der Waals surface area contributed by atoms with Crippen molar-refractivity contribution in [3.05, 3.63) is 29.3 Å². The first kappa shape index (κ1) is 14.4. The van der Waals surface area contributed by atoms with Gasteiger partial charge in [-0.3, -0.25) is 4.79 Å². The van der Waals surface area contributed by atoms with Crippen LogP contribution in [0.2, 0.25) is 0 Å². The van der Waals surface area contributed by atoms with E-state index in [1.54, 1.807) is 6.26 Å². The Bertz CT molecular complexity index is 431. The lowest BCUT2D eigenvalue weighted by Gasteiger charge is -2.14. The van der Waals surface area contributed by atoms with Crippen LogP contribution in [0.5, 0.6) is 0 Å². The van der Waals surface area contributed by atoms with Crippen molar-refractivity contribution in [2.45, 2.75) is 23.4 Å². The maximum absolute atomic E-state index is 12.5. The summed E-state index contributed by atoms with van der Waals surface area (Å²) in [5.74, 6) is -0.290. The summed E-state index contributed by atoms with van der Waals surface area (Å²) in [7, 11) is 0. The van der Waals surface area contributed by atoms with E-state index in [1.165, 1.54) is 13.0 Å². The summed E-state index contributed by atoms with van der Waals surface area (Å²) >= 11 is 6.98. The van der Waals surface area contributed by atoms with E-state index in [0.717, 1.165) is 23.9 Å². The highest BCUT2D eigenvalue weighted by atomic mass is 35.5. The SMILES string of the molecule is CSc1cc(C(F)(F)F)ccc1C(Cl)C(C)=O. The van der Waals surface area contributed by atoms with Crippen molar-refractivity contribution in [1.82, 2.24) is 0 Å². The molecular formula is C11H10ClF3OS. The number of carbonyl (C=O) groups is 1. The van der Waals surface area contributed by atoms with Gasteiger partial charge >= 0.3 is 6.18 Å². The van der Waals surface area contributed by atoms with Gasteiger partial charge in [-0.05, 0) is 30.9 Å². The molecule has 0 spiro atoms. The van der Waals surface area contributed by atoms with E-state index >= 15 is 0 Å². The van der Waals surface area contributed by atoms with Gasteiger partial charge in [-0.25, -0.2) is 0 Å². The molecule has 0 aliphatic heterocycles. The topological polar surface area (TPSA) is 17.1 Å². The standard InChI is InChI=1S/C11H10ClF3OS/c1-6(16)10(12)8-4-3-7(11(13,14)15)5-9(8)17-2/h3-5,10H,1-2H3. The van der Waals surface area contributed by atoms with Crippen molar-refractivity contribution >= 4 is 29.1 Å². The van der Waals surface area contributed by atoms with Gasteiger partial charge in [-0.15, -0.1) is 23.4 Å². The fourth-order valence-electron chi connectivity index (χ4n) is 1.32. The van der Waals surface area contributed by atoms with Crippen LogP contribution in [0.1, 0.15) is 23.4 Å². The van der Waals surface area contributed by atoms with Crippen LogP contribution in [0.3, 0.4) is 0 Å². The molecule has 94 valence electrons. The van der Waals surface area contributed by atoms with Crippen LogP contribution in [0.4, 0.5) is 13.2 Å². The first-order valence-electron chi connectivity index (χ1n) is 4.67. The fraction of sp³-hybridized carbons (Fsp3) is 0.364. The highest BCUT2D eigenvalue weighted by Gasteiger charge is 2.31. The van der Waals surface area contributed by atoms with Crippen LogP contribution in [0.15, 0.2) is 23.1 Å². The summed E-state index contributed by atoms with van der Waals surface area (Å²) in [5, 5.41) is -0.903. The third-order valence-electron chi connectivity index (χ3n) is 2.19. The number of hydrogen-bond donors (Lipinski definition) is 0. The van der Waals surface area contributed by atoms with Crippen LogP contribution in [-0.2, 0) is 11.0 Å². The molecule has 0 aromatic heterocycles. The average molecular weight is 283 g/mol. The third kappa shape index (κ3) is 3.39. The van der Waals surface area contributed by atoms with Crippen molar-refractivity contribution in [3.63, 3.8) is 0 Å². The van der Waals surface area contributed by atoms with Crippen molar-refractivity contribution in [2.75, 3.05) is 6.26 Å². The Labute approximate surface area is 106 Å². The summed E-state index contributed by atoms with van der Waals surface area (Å²) in [6, 6.07) is 3.21. The van der Waals surface area contributed by atoms with Crippen LogP contribution in [-0.4, -0.2) is 12.0 Å². The zero-order valence-corrected chi connectivity index (χ0v) is 10.7. The zero-order valence-electron chi connectivity index (χ0n) is 9.14. The number of ketones is 1. The predicted octanol–water partition coefficient (Wildman–Crippen LogP) is 4.30. The number of carbonyl (C=O) groups excluding carboxylic acids is 1. The molecule has 0 fully saturated rings. The summed E-state index contributed by atoms with van der Waals surface area (Å²) in [6.45, 7) is 1.31. The maximum Gasteiger partial charge on any atom is 0.416 e. The third-order valence-corrected chi connectivity index (χ3v) is 3.53. The van der Waals surface area contributed by atoms with E-state index in [4.69, 9.17) is 11.6 Å². The molecule has 1 aromatic carbocycles. The molecule has 1 rings (SSSR count). The number of benzene rings is 1. The second kappa shape index (κ2) is 5.31. The largest absolute Gasteiger partial charge is 0.416 e. The smallest absolute Gasteiger partial charge is 0.298 e. The second-order valence-corrected chi connectivity index (χ2v) is 4.71. The molecule has 17 heavy (non-hydrogen) atoms. The molecule has 0 saturated heterocycles. The molecule has 0 saturated carbocycles. The van der Waals surface area contributed by atoms with E-state index in [2.05, 4.69) is 0 Å². The molecule has 0 radical (unpaired) electrons. The highest BCUT2D eigenvalue weighted by Crippen LogP contribution is 2.36. The Balaban J connectivity index is 3.23. The Morgan fingerprint density at radius 2 is 2.00 bits per heavy atom. The van der Waals surface area contributed by atoms with E-state index in [-0.39, 0.29) is 5.78 Å². The van der Waals surface area contributed by atoms with Gasteiger partial charge in [0, 0.05) is 4.90 Å². The lowest BCUT2D eigenvalue weighted by atomic mass is 10.1. The lowest BCUT2D eigenvalue weighted by molar-refractivity contribution is -0.137. The van der Waals surface area contributed by atoms with E-state index in [0.29, 0.717) is 10.5 Å². The molecule has 0 aliphatic carbocycles. The minimum Gasteiger partial charge on any atom is -0.298 e. The molecule has 0 amide bonds. The summed E-state index contributed by atoms with van der Waals surface area (Å²) < 4.78 is 37.5. The minimum atomic E-state index is -4.39. The molecule has 1 aromatic rings. The molecule has 0 heterocycles. The van der Waals surface area contributed by atoms with Gasteiger partial charge in [0.15, 0.2) is 5.78 Å². The molecule has 6 heteroatoms. The predicted molar refractivity (Wildman–Crippen MR) is 62.5 cm³/mol. The Kier molecular flexibility index (Phi) is 4.49. The first-order valence-corrected chi connectivity index (χ1v) is 6.33. The minimum absolute atomic E-state index is 0.290. The van der Waals surface area contributed by atoms with Gasteiger partial charge in [0.25, 0.3) is 0 Å². The van der Waals surface area contributed by atoms with Crippen LogP contribution in [0.25, 0.3) is 0 Å². The normalized spacial score (nSPS) is 13.5. The first-order chi connectivity index (χ1) is 7.77. The van der Waals surface area contributed by atoms with Crippen LogP contribution >= 0.6 is 23.4 Å². The monoisotopic (exact) mass is 282 g/mol. The number of Topliss-reactive ketones (excluding diaryl/α,β-unsaturated/α-hetero) is 1. The molecule has 0 N–H and O–H groups in total. The molecular weight excluding hydrogens is 273 g/mol. The number of alkyl halides is 4. The maximum atomic E-state index is 12.5. The second-order valence-electron chi connectivity index (χ2n) is 3.43. The van der Waals surface area contributed by atoms with Crippen molar-refractivity contribution < 1.29 is 18.0 Å². The molecule has 1 nitrogen and oxygen atoms in total. The summed E-state index contributed by atoms with van der Waals surface area (Å²) in [6.07, 6.45) is -2.75. The van der Waals surface area contributed by atoms with Crippen molar-refractivity contribution in [3.8, 4) is 0 Å². The van der Waals surface area contributed by atoms with Gasteiger partial charge in [0.05, 0.1) is 5.56 Å². The van der Waals surface area contributed by atoms with Gasteiger partial charge in [-0.1, -0.05) is 6.07 Å². The highest BCUT2D eigenvalue weighted by molar-refractivity contribution is 7.98. The van der Waals surface area contributed by atoms with Crippen LogP contribution < -0.4 is 0 Å². The van der Waals surface area contributed by atoms with Crippen LogP contribution in [0, 0.1) is 0 Å². The number of rotatable bonds is 3. The van der Waals surface area contributed by atoms with Crippen molar-refractivity contribution in [1.29, 1.82) is 0 Å². The molecule has 1 unspecified atom stereocenters. The van der Waals surface area contributed by atoms with Gasteiger partial charge in [-0.2, -0.15) is 13.2 Å². The van der Waals surface area contributed by atoms with Gasteiger partial charge in [0.2, 0.25) is 0 Å². The number of thioether (sulfide) groups is 1. The molecule has 1 atom stereocenters. The quantitative estimate of drug-likeness (QED) is 0.607. The molecule has 0 aliphatic rings. The van der Waals surface area contributed by atoms with Gasteiger partial charge < -0.3 is 0 Å². The number of hydrogen-bond acceptors (Lipinski definition) is 2. The Morgan fingerprint density at radius 1 is 1.41 bits per heavy atom. The zero-order chi connectivity index (χ0) is 13.2. The van der Waals surface area contributed by atoms with E-state index < -0.39 is 17.1 Å².